The van der Waals surface area contributed by atoms with Crippen molar-refractivity contribution in [2.24, 2.45) is 35.0 Å². The molecule has 0 aromatic heterocycles. The van der Waals surface area contributed by atoms with Gasteiger partial charge in [-0.05, 0) is 83.1 Å². The van der Waals surface area contributed by atoms with Gasteiger partial charge in [0, 0.05) is 13.0 Å². The molecule has 0 bridgehead atoms. The maximum atomic E-state index is 14.2. The molecule has 0 aromatic rings. The molecular weight excluding hydrogens is 919 g/mol. The van der Waals surface area contributed by atoms with Crippen molar-refractivity contribution in [2.45, 2.75) is 174 Å². The van der Waals surface area contributed by atoms with Crippen molar-refractivity contribution in [3.05, 3.63) is 0 Å². The molecule has 0 rings (SSSR count). The zero-order valence-corrected chi connectivity index (χ0v) is 41.8. The minimum Gasteiger partial charge on any atom is -0.481 e. The molecule has 0 aliphatic heterocycles. The summed E-state index contributed by atoms with van der Waals surface area (Å²) in [6, 6.07) is -10.9. The zero-order chi connectivity index (χ0) is 53.8. The van der Waals surface area contributed by atoms with Crippen LogP contribution in [-0.2, 0) is 47.9 Å². The number of nitrogens with one attached hydrogen (secondary N) is 10. The molecule has 11 atom stereocenters. The van der Waals surface area contributed by atoms with Crippen LogP contribution in [0, 0.1) is 23.2 Å². The van der Waals surface area contributed by atoms with Crippen molar-refractivity contribution in [1.29, 1.82) is 5.41 Å². The van der Waals surface area contributed by atoms with E-state index >= 15 is 0 Å². The molecule has 26 heteroatoms. The zero-order valence-electron chi connectivity index (χ0n) is 41.8. The van der Waals surface area contributed by atoms with Gasteiger partial charge in [-0.3, -0.25) is 53.4 Å². The summed E-state index contributed by atoms with van der Waals surface area (Å²) in [5.74, 6) is -11.2. The van der Waals surface area contributed by atoms with Gasteiger partial charge in [0.25, 0.3) is 0 Å². The molecular formula is C44H81N13O13. The molecule has 0 unspecified atom stereocenters. The Kier molecular flexibility index (Phi) is 30.5. The van der Waals surface area contributed by atoms with E-state index in [0.717, 1.165) is 0 Å². The van der Waals surface area contributed by atoms with Gasteiger partial charge in [0.15, 0.2) is 5.96 Å². The lowest BCUT2D eigenvalue weighted by Gasteiger charge is -2.31. The average Bonchev–Trinajstić information content (AvgIpc) is 3.29. The van der Waals surface area contributed by atoms with Crippen molar-refractivity contribution >= 4 is 65.2 Å². The number of unbranched alkanes of at least 4 members (excludes halogenated alkanes) is 1. The van der Waals surface area contributed by atoms with Gasteiger partial charge >= 0.3 is 11.9 Å². The maximum Gasteiger partial charge on any atom is 0.325 e. The number of rotatable bonds is 35. The third-order valence-corrected chi connectivity index (χ3v) is 11.4. The first-order valence-corrected chi connectivity index (χ1v) is 23.8. The number of guanidine groups is 1. The maximum absolute atomic E-state index is 14.2. The number of carbonyl (C=O) groups is 10. The van der Waals surface area contributed by atoms with Crippen molar-refractivity contribution in [3.63, 3.8) is 0 Å². The van der Waals surface area contributed by atoms with Crippen LogP contribution in [-0.4, -0.2) is 155 Å². The second kappa shape index (κ2) is 33.4. The highest BCUT2D eigenvalue weighted by Crippen LogP contribution is 2.15. The highest BCUT2D eigenvalue weighted by Gasteiger charge is 2.37. The number of carboxylic acids is 2. The first-order valence-electron chi connectivity index (χ1n) is 23.8. The van der Waals surface area contributed by atoms with Crippen LogP contribution in [0.4, 0.5) is 0 Å². The van der Waals surface area contributed by atoms with Gasteiger partial charge in [-0.25, -0.2) is 0 Å². The van der Waals surface area contributed by atoms with Gasteiger partial charge in [-0.1, -0.05) is 54.4 Å². The molecule has 0 aliphatic rings. The highest BCUT2D eigenvalue weighted by atomic mass is 16.4. The molecule has 26 nitrogen and oxygen atoms in total. The number of carbonyl (C=O) groups excluding carboxylic acids is 8. The summed E-state index contributed by atoms with van der Waals surface area (Å²) in [6.07, 6.45) is -0.762. The SMILES string of the molecule is CC[C@H](C)[C@H](NC(=O)[C@H](CCC(=O)O)NC(=O)[C@H](CC(C)C)NC(=O)[C@H](CCCCN)NC(=O)[C@@H](NC(=O)CN)[C@@H](C)O)C(=O)N[C@H](C(=O)N[C@@H](CCCNC(=N)N)C(=O)N[C@@H](C)C(=O)O)[C@@H](C)CC. The van der Waals surface area contributed by atoms with Crippen LogP contribution in [0.3, 0.4) is 0 Å². The fraction of sp³-hybridized carbons (Fsp3) is 0.750. The quantitative estimate of drug-likeness (QED) is 0.0168. The smallest absolute Gasteiger partial charge is 0.325 e. The first-order chi connectivity index (χ1) is 32.7. The number of aliphatic hydroxyl groups excluding tert-OH is 1. The van der Waals surface area contributed by atoms with Crippen molar-refractivity contribution in [2.75, 3.05) is 19.6 Å². The normalized spacial score (nSPS) is 15.8. The Morgan fingerprint density at radius 3 is 1.43 bits per heavy atom. The number of hydrogen-bond donors (Lipinski definition) is 16. The van der Waals surface area contributed by atoms with E-state index in [2.05, 4.69) is 47.9 Å². The number of amides is 8. The van der Waals surface area contributed by atoms with Crippen LogP contribution in [0.25, 0.3) is 0 Å². The second-order valence-corrected chi connectivity index (χ2v) is 17.9. The molecule has 0 aromatic carbocycles. The summed E-state index contributed by atoms with van der Waals surface area (Å²) >= 11 is 0. The molecule has 400 valence electrons. The van der Waals surface area contributed by atoms with Crippen LogP contribution < -0.4 is 65.1 Å². The van der Waals surface area contributed by atoms with E-state index in [1.165, 1.54) is 13.8 Å². The molecule has 0 saturated carbocycles. The van der Waals surface area contributed by atoms with Gasteiger partial charge < -0.3 is 80.4 Å². The molecule has 8 amide bonds. The van der Waals surface area contributed by atoms with E-state index in [0.29, 0.717) is 25.7 Å². The van der Waals surface area contributed by atoms with Crippen LogP contribution in [0.15, 0.2) is 0 Å². The highest BCUT2D eigenvalue weighted by molar-refractivity contribution is 5.98. The Labute approximate surface area is 409 Å². The predicted octanol–water partition coefficient (Wildman–Crippen LogP) is -3.30. The molecule has 0 heterocycles. The van der Waals surface area contributed by atoms with E-state index < -0.39 is 145 Å². The standard InChI is InChI=1S/C44H81N13O13/c1-9-23(5)33(40(66)52-28(15-13-19-49-44(47)48)36(62)50-25(7)43(69)70)57-41(67)34(24(6)10-2)56-38(64)29(16-17-32(60)61)51-39(65)30(20-22(3)4)54-37(63)27(14-11-12-18-45)53-42(68)35(26(8)58)55-31(59)21-46/h22-30,33-35,58H,9-21,45-46H2,1-8H3,(H,50,62)(H,51,65)(H,52,66)(H,53,68)(H,54,63)(H,55,59)(H,56,64)(H,57,67)(H,60,61)(H,69,70)(H4,47,48,49)/t23-,24-,25-,26+,27-,28-,29-,30-,33-,34-,35-/m0/s1. The predicted molar refractivity (Wildman–Crippen MR) is 257 cm³/mol. The van der Waals surface area contributed by atoms with Crippen LogP contribution in [0.5, 0.6) is 0 Å². The molecule has 0 saturated heterocycles. The Hall–Kier alpha value is -6.15. The lowest BCUT2D eigenvalue weighted by atomic mass is 9.94. The van der Waals surface area contributed by atoms with E-state index in [1.807, 2.05) is 0 Å². The van der Waals surface area contributed by atoms with Gasteiger partial charge in [-0.15, -0.1) is 0 Å². The number of aliphatic hydroxyl groups is 1. The van der Waals surface area contributed by atoms with Crippen LogP contribution in [0.2, 0.25) is 0 Å². The minimum atomic E-state index is -1.58. The Morgan fingerprint density at radius 1 is 0.543 bits per heavy atom. The van der Waals surface area contributed by atoms with Gasteiger partial charge in [-0.2, -0.15) is 0 Å². The van der Waals surface area contributed by atoms with E-state index in [9.17, 15) is 63.3 Å². The second-order valence-electron chi connectivity index (χ2n) is 17.9. The van der Waals surface area contributed by atoms with Gasteiger partial charge in [0.1, 0.15) is 48.3 Å². The summed E-state index contributed by atoms with van der Waals surface area (Å²) < 4.78 is 0. The third-order valence-electron chi connectivity index (χ3n) is 11.4. The Balaban J connectivity index is 6.75. The summed E-state index contributed by atoms with van der Waals surface area (Å²) in [4.78, 5) is 132. The van der Waals surface area contributed by atoms with Crippen molar-refractivity contribution in [3.8, 4) is 0 Å². The van der Waals surface area contributed by atoms with Gasteiger partial charge in [0.05, 0.1) is 12.6 Å². The summed E-state index contributed by atoms with van der Waals surface area (Å²) in [5, 5.41) is 59.3. The van der Waals surface area contributed by atoms with E-state index in [4.69, 9.17) is 22.6 Å². The van der Waals surface area contributed by atoms with Gasteiger partial charge in [0.2, 0.25) is 47.3 Å². The largest absolute Gasteiger partial charge is 0.481 e. The topological polar surface area (TPSA) is 442 Å². The van der Waals surface area contributed by atoms with Crippen molar-refractivity contribution < 1.29 is 63.3 Å². The fourth-order valence-electron chi connectivity index (χ4n) is 6.78. The first kappa shape index (κ1) is 63.8. The minimum absolute atomic E-state index is 0.00450. The number of nitrogens with two attached hydrogens (primary N) is 3. The lowest BCUT2D eigenvalue weighted by molar-refractivity contribution is -0.142. The van der Waals surface area contributed by atoms with Crippen LogP contribution >= 0.6 is 0 Å². The van der Waals surface area contributed by atoms with Crippen LogP contribution in [0.1, 0.15) is 120 Å². The van der Waals surface area contributed by atoms with E-state index in [1.54, 1.807) is 41.5 Å². The molecule has 19 N–H and O–H groups in total. The third kappa shape index (κ3) is 24.4. The summed E-state index contributed by atoms with van der Waals surface area (Å²) in [7, 11) is 0. The molecule has 0 spiro atoms. The molecule has 0 radical (unpaired) electrons. The monoisotopic (exact) mass is 1000 g/mol. The molecule has 0 fully saturated rings. The Morgan fingerprint density at radius 2 is 0.971 bits per heavy atom. The number of aliphatic carboxylic acids is 2. The number of carboxylic acid groups (broad SMARTS) is 2. The Bertz CT molecular complexity index is 1770. The fourth-order valence-corrected chi connectivity index (χ4v) is 6.78. The number of hydrogen-bond acceptors (Lipinski definition) is 14. The summed E-state index contributed by atoms with van der Waals surface area (Å²) in [5.41, 5.74) is 16.4. The van der Waals surface area contributed by atoms with Crippen molar-refractivity contribution in [1.82, 2.24) is 47.9 Å². The van der Waals surface area contributed by atoms with E-state index in [-0.39, 0.29) is 50.7 Å². The summed E-state index contributed by atoms with van der Waals surface area (Å²) in [6.45, 7) is 12.7. The molecule has 0 aliphatic carbocycles. The molecule has 70 heavy (non-hydrogen) atoms. The average molecular weight is 1000 g/mol. The lowest BCUT2D eigenvalue weighted by Crippen LogP contribution is -2.62.